The maximum absolute atomic E-state index is 13.9. The average molecular weight is 398 g/mol. The number of nitrogens with one attached hydrogen (secondary N) is 1. The molecular weight excluding hydrogens is 374 g/mol. The Labute approximate surface area is 169 Å². The number of amides is 1. The highest BCUT2D eigenvalue weighted by Crippen LogP contribution is 2.30. The van der Waals surface area contributed by atoms with Crippen LogP contribution in [0, 0.1) is 18.6 Å². The minimum absolute atomic E-state index is 0.00394. The van der Waals surface area contributed by atoms with Gasteiger partial charge in [0.25, 0.3) is 5.91 Å². The van der Waals surface area contributed by atoms with Crippen LogP contribution in [0.5, 0.6) is 5.75 Å². The van der Waals surface area contributed by atoms with Crippen molar-refractivity contribution in [2.45, 2.75) is 32.4 Å². The van der Waals surface area contributed by atoms with Crippen LogP contribution in [-0.2, 0) is 0 Å². The first-order valence-electron chi connectivity index (χ1n) is 9.95. The Morgan fingerprint density at radius 1 is 1.17 bits per heavy atom. The molecule has 0 aromatic heterocycles. The molecule has 0 saturated heterocycles. The van der Waals surface area contributed by atoms with Crippen LogP contribution < -0.4 is 10.1 Å². The Kier molecular flexibility index (Phi) is 5.62. The van der Waals surface area contributed by atoms with E-state index in [0.717, 1.165) is 43.6 Å². The summed E-state index contributed by atoms with van der Waals surface area (Å²) in [6.45, 7) is 4.48. The lowest BCUT2D eigenvalue weighted by molar-refractivity contribution is 0.0718. The van der Waals surface area contributed by atoms with Gasteiger partial charge in [-0.05, 0) is 61.2 Å². The third-order valence-corrected chi connectivity index (χ3v) is 5.53. The van der Waals surface area contributed by atoms with Crippen molar-refractivity contribution in [2.75, 3.05) is 19.6 Å². The van der Waals surface area contributed by atoms with E-state index in [4.69, 9.17) is 4.74 Å². The molecule has 2 aliphatic heterocycles. The van der Waals surface area contributed by atoms with Crippen LogP contribution in [0.15, 0.2) is 42.5 Å². The van der Waals surface area contributed by atoms with Gasteiger partial charge in [0.2, 0.25) is 0 Å². The number of ether oxygens (including phenoxy) is 1. The zero-order valence-electron chi connectivity index (χ0n) is 16.4. The SMILES string of the molecule is Cc1ccc(F)c2c1O[C@H](CCCN1CC=C(c3ccc(F)cc3)CC1)NC2=O. The van der Waals surface area contributed by atoms with Crippen LogP contribution in [0.25, 0.3) is 5.57 Å². The fourth-order valence-corrected chi connectivity index (χ4v) is 3.89. The highest BCUT2D eigenvalue weighted by molar-refractivity contribution is 5.98. The smallest absolute Gasteiger partial charge is 0.260 e. The second-order valence-corrected chi connectivity index (χ2v) is 7.58. The molecule has 2 aromatic rings. The molecule has 2 aliphatic rings. The first-order chi connectivity index (χ1) is 14.0. The standard InChI is InChI=1S/C23H24F2N2O2/c1-15-4-9-19(25)21-22(15)29-20(26-23(21)28)3-2-12-27-13-10-17(11-14-27)16-5-7-18(24)8-6-16/h4-10,20H,2-3,11-14H2,1H3,(H,26,28)/t20-/m1/s1. The summed E-state index contributed by atoms with van der Waals surface area (Å²) in [4.78, 5) is 14.6. The molecule has 0 radical (unpaired) electrons. The van der Waals surface area contributed by atoms with Gasteiger partial charge in [0.15, 0.2) is 6.23 Å². The lowest BCUT2D eigenvalue weighted by Gasteiger charge is -2.30. The van der Waals surface area contributed by atoms with Gasteiger partial charge in [0, 0.05) is 19.5 Å². The second-order valence-electron chi connectivity index (χ2n) is 7.58. The Morgan fingerprint density at radius 2 is 1.97 bits per heavy atom. The maximum atomic E-state index is 13.9. The van der Waals surface area contributed by atoms with Gasteiger partial charge in [0.05, 0.1) is 0 Å². The molecule has 0 unspecified atom stereocenters. The van der Waals surface area contributed by atoms with E-state index in [0.29, 0.717) is 12.2 Å². The number of hydrogen-bond acceptors (Lipinski definition) is 3. The lowest BCUT2D eigenvalue weighted by atomic mass is 9.99. The van der Waals surface area contributed by atoms with E-state index < -0.39 is 18.0 Å². The number of rotatable bonds is 5. The monoisotopic (exact) mass is 398 g/mol. The van der Waals surface area contributed by atoms with E-state index in [2.05, 4.69) is 16.3 Å². The second kappa shape index (κ2) is 8.33. The van der Waals surface area contributed by atoms with E-state index in [1.165, 1.54) is 23.8 Å². The molecule has 2 aromatic carbocycles. The molecular formula is C23H24F2N2O2. The summed E-state index contributed by atoms with van der Waals surface area (Å²) in [5.74, 6) is -0.839. The summed E-state index contributed by atoms with van der Waals surface area (Å²) in [6, 6.07) is 9.55. The van der Waals surface area contributed by atoms with Crippen molar-refractivity contribution in [3.8, 4) is 5.75 Å². The number of halogens is 2. The zero-order valence-corrected chi connectivity index (χ0v) is 16.4. The van der Waals surface area contributed by atoms with Crippen LogP contribution in [0.2, 0.25) is 0 Å². The molecule has 0 aliphatic carbocycles. The van der Waals surface area contributed by atoms with E-state index in [9.17, 15) is 13.6 Å². The number of benzene rings is 2. The van der Waals surface area contributed by atoms with Gasteiger partial charge in [-0.15, -0.1) is 0 Å². The van der Waals surface area contributed by atoms with Crippen LogP contribution in [0.3, 0.4) is 0 Å². The van der Waals surface area contributed by atoms with Crippen LogP contribution in [0.4, 0.5) is 8.78 Å². The molecule has 29 heavy (non-hydrogen) atoms. The lowest BCUT2D eigenvalue weighted by Crippen LogP contribution is -2.44. The summed E-state index contributed by atoms with van der Waals surface area (Å²) in [7, 11) is 0. The molecule has 0 fully saturated rings. The number of nitrogens with zero attached hydrogens (tertiary/aromatic N) is 1. The summed E-state index contributed by atoms with van der Waals surface area (Å²) < 4.78 is 32.9. The van der Waals surface area contributed by atoms with E-state index in [1.807, 2.05) is 19.1 Å². The topological polar surface area (TPSA) is 41.6 Å². The molecule has 152 valence electrons. The Balaban J connectivity index is 1.29. The third kappa shape index (κ3) is 4.32. The number of aryl methyl sites for hydroxylation is 1. The normalized spacial score (nSPS) is 19.2. The van der Waals surface area contributed by atoms with Gasteiger partial charge < -0.3 is 10.1 Å². The van der Waals surface area contributed by atoms with Gasteiger partial charge in [0.1, 0.15) is 22.9 Å². The molecule has 4 nitrogen and oxygen atoms in total. The largest absolute Gasteiger partial charge is 0.469 e. The van der Waals surface area contributed by atoms with Gasteiger partial charge in [-0.25, -0.2) is 8.78 Å². The molecule has 6 heteroatoms. The molecule has 2 heterocycles. The van der Waals surface area contributed by atoms with Crippen molar-refractivity contribution >= 4 is 11.5 Å². The number of carbonyl (C=O) groups excluding carboxylic acids is 1. The fourth-order valence-electron chi connectivity index (χ4n) is 3.89. The zero-order chi connectivity index (χ0) is 20.4. The first-order valence-corrected chi connectivity index (χ1v) is 9.95. The van der Waals surface area contributed by atoms with Crippen LogP contribution in [0.1, 0.15) is 40.7 Å². The van der Waals surface area contributed by atoms with Gasteiger partial charge >= 0.3 is 0 Å². The summed E-state index contributed by atoms with van der Waals surface area (Å²) >= 11 is 0. The molecule has 4 rings (SSSR count). The molecule has 0 spiro atoms. The fraction of sp³-hybridized carbons (Fsp3) is 0.348. The summed E-state index contributed by atoms with van der Waals surface area (Å²) in [6.07, 6.45) is 4.19. The predicted molar refractivity (Wildman–Crippen MR) is 108 cm³/mol. The minimum atomic E-state index is -0.557. The van der Waals surface area contributed by atoms with E-state index in [1.54, 1.807) is 6.07 Å². The molecule has 0 bridgehead atoms. The van der Waals surface area contributed by atoms with Crippen molar-refractivity contribution in [3.05, 3.63) is 70.8 Å². The van der Waals surface area contributed by atoms with Crippen molar-refractivity contribution in [3.63, 3.8) is 0 Å². The number of fused-ring (bicyclic) bond motifs is 1. The van der Waals surface area contributed by atoms with Gasteiger partial charge in [-0.3, -0.25) is 9.69 Å². The molecule has 1 N–H and O–H groups in total. The minimum Gasteiger partial charge on any atom is -0.469 e. The maximum Gasteiger partial charge on any atom is 0.260 e. The average Bonchev–Trinajstić information content (AvgIpc) is 2.72. The van der Waals surface area contributed by atoms with Crippen molar-refractivity contribution in [2.24, 2.45) is 0 Å². The van der Waals surface area contributed by atoms with Gasteiger partial charge in [-0.2, -0.15) is 0 Å². The van der Waals surface area contributed by atoms with E-state index >= 15 is 0 Å². The highest BCUT2D eigenvalue weighted by atomic mass is 19.1. The summed E-state index contributed by atoms with van der Waals surface area (Å²) in [5.41, 5.74) is 3.08. The molecule has 1 amide bonds. The quantitative estimate of drug-likeness (QED) is 0.817. The summed E-state index contributed by atoms with van der Waals surface area (Å²) in [5, 5.41) is 2.75. The van der Waals surface area contributed by atoms with Crippen molar-refractivity contribution in [1.29, 1.82) is 0 Å². The Morgan fingerprint density at radius 3 is 2.69 bits per heavy atom. The number of carbonyl (C=O) groups is 1. The third-order valence-electron chi connectivity index (χ3n) is 5.53. The Hall–Kier alpha value is -2.73. The highest BCUT2D eigenvalue weighted by Gasteiger charge is 2.29. The predicted octanol–water partition coefficient (Wildman–Crippen LogP) is 4.29. The van der Waals surface area contributed by atoms with E-state index in [-0.39, 0.29) is 11.4 Å². The van der Waals surface area contributed by atoms with Crippen LogP contribution >= 0.6 is 0 Å². The van der Waals surface area contributed by atoms with Crippen molar-refractivity contribution < 1.29 is 18.3 Å². The number of hydrogen-bond donors (Lipinski definition) is 1. The molecule has 1 atom stereocenters. The van der Waals surface area contributed by atoms with Crippen molar-refractivity contribution in [1.82, 2.24) is 10.2 Å². The first kappa shape index (κ1) is 19.6. The Bertz CT molecular complexity index is 941. The molecule has 0 saturated carbocycles. The van der Waals surface area contributed by atoms with Gasteiger partial charge in [-0.1, -0.05) is 24.3 Å². The van der Waals surface area contributed by atoms with Crippen LogP contribution in [-0.4, -0.2) is 36.7 Å².